The zero-order valence-electron chi connectivity index (χ0n) is 6.92. The monoisotopic (exact) mass is 152 g/mol. The van der Waals surface area contributed by atoms with E-state index in [9.17, 15) is 5.11 Å². The van der Waals surface area contributed by atoms with E-state index in [1.165, 1.54) is 25.7 Å². The number of hydrogen-bond acceptors (Lipinski definition) is 1. The van der Waals surface area contributed by atoms with Crippen LogP contribution in [-0.2, 0) is 0 Å². The van der Waals surface area contributed by atoms with Crippen molar-refractivity contribution < 1.29 is 5.11 Å². The minimum Gasteiger partial charge on any atom is -0.392 e. The predicted octanol–water partition coefficient (Wildman–Crippen LogP) is 2.26. The van der Waals surface area contributed by atoms with Gasteiger partial charge < -0.3 is 5.11 Å². The first kappa shape index (κ1) is 7.35. The predicted molar refractivity (Wildman–Crippen MR) is 45.3 cm³/mol. The molecule has 0 spiro atoms. The van der Waals surface area contributed by atoms with Crippen LogP contribution in [0.5, 0.6) is 0 Å². The van der Waals surface area contributed by atoms with Gasteiger partial charge in [0.05, 0.1) is 6.10 Å². The number of aliphatic hydroxyl groups is 1. The highest BCUT2D eigenvalue weighted by Crippen LogP contribution is 2.36. The summed E-state index contributed by atoms with van der Waals surface area (Å²) in [6.07, 6.45) is 9.58. The molecule has 0 aromatic carbocycles. The molecular weight excluding hydrogens is 136 g/mol. The average Bonchev–Trinajstić information content (AvgIpc) is 2.06. The molecule has 11 heavy (non-hydrogen) atoms. The van der Waals surface area contributed by atoms with Gasteiger partial charge in [-0.15, -0.1) is 0 Å². The van der Waals surface area contributed by atoms with E-state index in [1.807, 2.05) is 0 Å². The van der Waals surface area contributed by atoms with Gasteiger partial charge in [0, 0.05) is 5.92 Å². The lowest BCUT2D eigenvalue weighted by Gasteiger charge is -2.32. The Labute approximate surface area is 68.1 Å². The SMILES string of the molecule is O[C@H]1CCC=C2CCCC[C@@H]21. The third kappa shape index (κ3) is 1.34. The topological polar surface area (TPSA) is 20.2 Å². The molecule has 2 atom stereocenters. The van der Waals surface area contributed by atoms with Crippen molar-refractivity contribution in [3.8, 4) is 0 Å². The van der Waals surface area contributed by atoms with Gasteiger partial charge in [-0.25, -0.2) is 0 Å². The maximum atomic E-state index is 9.66. The van der Waals surface area contributed by atoms with Crippen molar-refractivity contribution in [3.05, 3.63) is 11.6 Å². The smallest absolute Gasteiger partial charge is 0.0608 e. The van der Waals surface area contributed by atoms with E-state index in [1.54, 1.807) is 5.57 Å². The number of rotatable bonds is 0. The highest BCUT2D eigenvalue weighted by atomic mass is 16.3. The van der Waals surface area contributed by atoms with Crippen molar-refractivity contribution in [2.75, 3.05) is 0 Å². The first-order valence-corrected chi connectivity index (χ1v) is 4.75. The summed E-state index contributed by atoms with van der Waals surface area (Å²) in [5.74, 6) is 0.539. The van der Waals surface area contributed by atoms with Crippen LogP contribution in [-0.4, -0.2) is 11.2 Å². The van der Waals surface area contributed by atoms with Crippen molar-refractivity contribution in [2.24, 2.45) is 5.92 Å². The fourth-order valence-electron chi connectivity index (χ4n) is 2.40. The summed E-state index contributed by atoms with van der Waals surface area (Å²) in [6, 6.07) is 0. The molecule has 0 aromatic rings. The third-order valence-corrected chi connectivity index (χ3v) is 3.04. The van der Waals surface area contributed by atoms with E-state index < -0.39 is 0 Å². The van der Waals surface area contributed by atoms with Crippen molar-refractivity contribution in [1.82, 2.24) is 0 Å². The van der Waals surface area contributed by atoms with Crippen LogP contribution in [0.1, 0.15) is 38.5 Å². The average molecular weight is 152 g/mol. The van der Waals surface area contributed by atoms with Gasteiger partial charge in [0.15, 0.2) is 0 Å². The molecule has 2 rings (SSSR count). The Kier molecular flexibility index (Phi) is 1.99. The second-order valence-corrected chi connectivity index (χ2v) is 3.78. The van der Waals surface area contributed by atoms with Crippen LogP contribution in [0.25, 0.3) is 0 Å². The largest absolute Gasteiger partial charge is 0.392 e. The Morgan fingerprint density at radius 2 is 2.18 bits per heavy atom. The van der Waals surface area contributed by atoms with E-state index in [-0.39, 0.29) is 6.10 Å². The van der Waals surface area contributed by atoms with Gasteiger partial charge >= 0.3 is 0 Å². The molecular formula is C10H16O. The standard InChI is InChI=1S/C10H16O/c11-10-7-3-5-8-4-1-2-6-9(8)10/h5,9-11H,1-4,6-7H2/t9-,10-/m0/s1. The lowest BCUT2D eigenvalue weighted by atomic mass is 9.76. The minimum atomic E-state index is -0.0182. The Hall–Kier alpha value is -0.300. The molecule has 0 heterocycles. The summed E-state index contributed by atoms with van der Waals surface area (Å²) in [5.41, 5.74) is 1.55. The van der Waals surface area contributed by atoms with E-state index in [4.69, 9.17) is 0 Å². The van der Waals surface area contributed by atoms with Gasteiger partial charge in [-0.2, -0.15) is 0 Å². The second kappa shape index (κ2) is 2.98. The van der Waals surface area contributed by atoms with Gasteiger partial charge in [0.1, 0.15) is 0 Å². The van der Waals surface area contributed by atoms with Crippen LogP contribution < -0.4 is 0 Å². The molecule has 0 radical (unpaired) electrons. The molecule has 0 saturated heterocycles. The summed E-state index contributed by atoms with van der Waals surface area (Å²) < 4.78 is 0. The highest BCUT2D eigenvalue weighted by molar-refractivity contribution is 5.14. The lowest BCUT2D eigenvalue weighted by molar-refractivity contribution is 0.0962. The molecule has 2 aliphatic carbocycles. The van der Waals surface area contributed by atoms with Crippen LogP contribution in [0.3, 0.4) is 0 Å². The van der Waals surface area contributed by atoms with Gasteiger partial charge in [-0.3, -0.25) is 0 Å². The molecule has 0 amide bonds. The van der Waals surface area contributed by atoms with Gasteiger partial charge in [-0.1, -0.05) is 18.1 Å². The molecule has 1 nitrogen and oxygen atoms in total. The quantitative estimate of drug-likeness (QED) is 0.528. The summed E-state index contributed by atoms with van der Waals surface area (Å²) in [4.78, 5) is 0. The fourth-order valence-corrected chi connectivity index (χ4v) is 2.40. The zero-order chi connectivity index (χ0) is 7.68. The van der Waals surface area contributed by atoms with Crippen molar-refractivity contribution in [3.63, 3.8) is 0 Å². The first-order valence-electron chi connectivity index (χ1n) is 4.75. The number of allylic oxidation sites excluding steroid dienone is 1. The number of fused-ring (bicyclic) bond motifs is 1. The number of aliphatic hydroxyl groups excluding tert-OH is 1. The van der Waals surface area contributed by atoms with Gasteiger partial charge in [0.2, 0.25) is 0 Å². The van der Waals surface area contributed by atoms with E-state index in [0.717, 1.165) is 12.8 Å². The van der Waals surface area contributed by atoms with Crippen molar-refractivity contribution in [2.45, 2.75) is 44.6 Å². The van der Waals surface area contributed by atoms with Gasteiger partial charge in [0.25, 0.3) is 0 Å². The first-order chi connectivity index (χ1) is 5.38. The fraction of sp³-hybridized carbons (Fsp3) is 0.800. The molecule has 1 heteroatoms. The van der Waals surface area contributed by atoms with Crippen molar-refractivity contribution >= 4 is 0 Å². The Balaban J connectivity index is 2.13. The molecule has 1 saturated carbocycles. The molecule has 0 aliphatic heterocycles. The Morgan fingerprint density at radius 3 is 3.00 bits per heavy atom. The van der Waals surface area contributed by atoms with Gasteiger partial charge in [-0.05, 0) is 32.1 Å². The lowest BCUT2D eigenvalue weighted by Crippen LogP contribution is -2.27. The normalized spacial score (nSPS) is 37.7. The molecule has 2 aliphatic rings. The zero-order valence-corrected chi connectivity index (χ0v) is 6.92. The molecule has 0 unspecified atom stereocenters. The van der Waals surface area contributed by atoms with Crippen molar-refractivity contribution in [1.29, 1.82) is 0 Å². The minimum absolute atomic E-state index is 0.0182. The molecule has 0 bridgehead atoms. The van der Waals surface area contributed by atoms with E-state index >= 15 is 0 Å². The molecule has 0 aromatic heterocycles. The highest BCUT2D eigenvalue weighted by Gasteiger charge is 2.27. The maximum absolute atomic E-state index is 9.66. The van der Waals surface area contributed by atoms with Crippen LogP contribution >= 0.6 is 0 Å². The van der Waals surface area contributed by atoms with Crippen LogP contribution in [0.15, 0.2) is 11.6 Å². The Bertz CT molecular complexity index is 172. The Morgan fingerprint density at radius 1 is 1.27 bits per heavy atom. The summed E-state index contributed by atoms with van der Waals surface area (Å²) in [7, 11) is 0. The summed E-state index contributed by atoms with van der Waals surface area (Å²) in [6.45, 7) is 0. The van der Waals surface area contributed by atoms with Crippen LogP contribution in [0, 0.1) is 5.92 Å². The van der Waals surface area contributed by atoms with E-state index in [0.29, 0.717) is 5.92 Å². The molecule has 62 valence electrons. The van der Waals surface area contributed by atoms with Crippen LogP contribution in [0.2, 0.25) is 0 Å². The van der Waals surface area contributed by atoms with E-state index in [2.05, 4.69) is 6.08 Å². The third-order valence-electron chi connectivity index (χ3n) is 3.04. The molecule has 1 N–H and O–H groups in total. The summed E-state index contributed by atoms with van der Waals surface area (Å²) in [5, 5.41) is 9.66. The summed E-state index contributed by atoms with van der Waals surface area (Å²) >= 11 is 0. The second-order valence-electron chi connectivity index (χ2n) is 3.78. The molecule has 1 fully saturated rings. The van der Waals surface area contributed by atoms with Crippen LogP contribution in [0.4, 0.5) is 0 Å². The number of hydrogen-bond donors (Lipinski definition) is 1. The maximum Gasteiger partial charge on any atom is 0.0608 e.